The summed E-state index contributed by atoms with van der Waals surface area (Å²) in [6.45, 7) is 1.61. The Morgan fingerprint density at radius 1 is 0.625 bits per heavy atom. The second-order valence-corrected chi connectivity index (χ2v) is 6.16. The van der Waals surface area contributed by atoms with Gasteiger partial charge < -0.3 is 0 Å². The van der Waals surface area contributed by atoms with Gasteiger partial charge in [0.05, 0.1) is 22.4 Å². The molecule has 0 aliphatic carbocycles. The van der Waals surface area contributed by atoms with Crippen LogP contribution in [-0.4, -0.2) is 21.9 Å². The molecule has 4 rings (SSSR count). The van der Waals surface area contributed by atoms with Crippen LogP contribution in [0.1, 0.15) is 11.4 Å². The Bertz CT molecular complexity index is 913. The number of pyridine rings is 2. The zero-order valence-corrected chi connectivity index (χ0v) is 13.7. The smallest absolute Gasteiger partial charge is 0.0705 e. The monoisotopic (exact) mass is 313 g/mol. The lowest BCUT2D eigenvalue weighted by molar-refractivity contribution is 0.312. The van der Waals surface area contributed by atoms with Gasteiger partial charge in [-0.3, -0.25) is 14.9 Å². The van der Waals surface area contributed by atoms with E-state index in [1.54, 1.807) is 0 Å². The van der Waals surface area contributed by atoms with E-state index in [1.165, 1.54) is 10.8 Å². The number of para-hydroxylation sites is 2. The zero-order valence-electron chi connectivity index (χ0n) is 13.7. The van der Waals surface area contributed by atoms with Gasteiger partial charge in [0.2, 0.25) is 0 Å². The highest BCUT2D eigenvalue weighted by atomic mass is 15.1. The molecule has 0 N–H and O–H groups in total. The summed E-state index contributed by atoms with van der Waals surface area (Å²) in [5.41, 5.74) is 4.26. The maximum absolute atomic E-state index is 4.74. The molecule has 0 spiro atoms. The first-order valence-electron chi connectivity index (χ1n) is 8.16. The minimum atomic E-state index is 0.805. The molecule has 24 heavy (non-hydrogen) atoms. The molecule has 3 heteroatoms. The predicted molar refractivity (Wildman–Crippen MR) is 98.7 cm³/mol. The second-order valence-electron chi connectivity index (χ2n) is 6.16. The Balaban J connectivity index is 1.51. The van der Waals surface area contributed by atoms with Crippen molar-refractivity contribution in [3.63, 3.8) is 0 Å². The van der Waals surface area contributed by atoms with Crippen molar-refractivity contribution in [2.24, 2.45) is 0 Å². The van der Waals surface area contributed by atoms with Crippen LogP contribution >= 0.6 is 0 Å². The van der Waals surface area contributed by atoms with Crippen LogP contribution in [0.5, 0.6) is 0 Å². The molecule has 4 aromatic rings. The van der Waals surface area contributed by atoms with Crippen molar-refractivity contribution < 1.29 is 0 Å². The molecular formula is C21H19N3. The van der Waals surface area contributed by atoms with Crippen molar-refractivity contribution in [2.45, 2.75) is 13.1 Å². The number of benzene rings is 2. The Morgan fingerprint density at radius 2 is 1.08 bits per heavy atom. The van der Waals surface area contributed by atoms with Crippen molar-refractivity contribution in [1.29, 1.82) is 0 Å². The Morgan fingerprint density at radius 3 is 1.58 bits per heavy atom. The highest BCUT2D eigenvalue weighted by Gasteiger charge is 2.06. The van der Waals surface area contributed by atoms with E-state index in [2.05, 4.69) is 60.5 Å². The third kappa shape index (κ3) is 3.12. The van der Waals surface area contributed by atoms with Gasteiger partial charge in [-0.05, 0) is 31.3 Å². The third-order valence-corrected chi connectivity index (χ3v) is 4.18. The van der Waals surface area contributed by atoms with Gasteiger partial charge in [-0.25, -0.2) is 0 Å². The predicted octanol–water partition coefficient (Wildman–Crippen LogP) is 4.42. The van der Waals surface area contributed by atoms with Crippen LogP contribution in [0.2, 0.25) is 0 Å². The molecule has 0 unspecified atom stereocenters. The lowest BCUT2D eigenvalue weighted by Gasteiger charge is -2.16. The van der Waals surface area contributed by atoms with Crippen molar-refractivity contribution in [1.82, 2.24) is 14.9 Å². The lowest BCUT2D eigenvalue weighted by atomic mass is 10.2. The summed E-state index contributed by atoms with van der Waals surface area (Å²) in [5.74, 6) is 0. The molecule has 0 amide bonds. The largest absolute Gasteiger partial charge is 0.295 e. The van der Waals surface area contributed by atoms with Crippen LogP contribution in [-0.2, 0) is 13.1 Å². The lowest BCUT2D eigenvalue weighted by Crippen LogP contribution is -2.18. The molecule has 2 heterocycles. The van der Waals surface area contributed by atoms with E-state index in [-0.39, 0.29) is 0 Å². The summed E-state index contributed by atoms with van der Waals surface area (Å²) in [4.78, 5) is 11.7. The number of fused-ring (bicyclic) bond motifs is 2. The maximum atomic E-state index is 4.74. The first kappa shape index (κ1) is 14.8. The number of rotatable bonds is 4. The molecule has 0 bridgehead atoms. The molecule has 3 nitrogen and oxygen atoms in total. The summed E-state index contributed by atoms with van der Waals surface area (Å²) < 4.78 is 0. The molecule has 2 aromatic heterocycles. The molecule has 0 atom stereocenters. The Kier molecular flexibility index (Phi) is 3.93. The highest BCUT2D eigenvalue weighted by molar-refractivity contribution is 5.79. The molecule has 0 aliphatic rings. The first-order chi connectivity index (χ1) is 11.8. The van der Waals surface area contributed by atoms with Gasteiger partial charge in [-0.15, -0.1) is 0 Å². The number of aromatic nitrogens is 2. The van der Waals surface area contributed by atoms with Crippen LogP contribution in [0.4, 0.5) is 0 Å². The summed E-state index contributed by atoms with van der Waals surface area (Å²) in [7, 11) is 2.10. The van der Waals surface area contributed by atoms with Gasteiger partial charge in [0, 0.05) is 23.9 Å². The summed E-state index contributed by atoms with van der Waals surface area (Å²) in [6.07, 6.45) is 0. The average Bonchev–Trinajstić information content (AvgIpc) is 2.61. The zero-order chi connectivity index (χ0) is 16.4. The Labute approximate surface area is 141 Å². The van der Waals surface area contributed by atoms with Crippen LogP contribution in [0, 0.1) is 0 Å². The summed E-state index contributed by atoms with van der Waals surface area (Å²) in [5, 5.41) is 2.36. The van der Waals surface area contributed by atoms with E-state index >= 15 is 0 Å². The van der Waals surface area contributed by atoms with E-state index in [0.717, 1.165) is 35.5 Å². The fraction of sp³-hybridized carbons (Fsp3) is 0.143. The average molecular weight is 313 g/mol. The van der Waals surface area contributed by atoms with Gasteiger partial charge in [0.15, 0.2) is 0 Å². The molecular weight excluding hydrogens is 294 g/mol. The standard InChI is InChI=1S/C21H19N3/c1-24(14-18-12-10-16-6-2-4-8-20(16)22-18)15-19-13-11-17-7-3-5-9-21(17)23-19/h2-13H,14-15H2,1H3. The van der Waals surface area contributed by atoms with Crippen molar-refractivity contribution >= 4 is 21.8 Å². The SMILES string of the molecule is CN(Cc1ccc2ccccc2n1)Cc1ccc2ccccc2n1. The maximum Gasteiger partial charge on any atom is 0.0705 e. The minimum Gasteiger partial charge on any atom is -0.295 e. The number of hydrogen-bond donors (Lipinski definition) is 0. The molecule has 0 radical (unpaired) electrons. The second kappa shape index (κ2) is 6.38. The Hall–Kier alpha value is -2.78. The van der Waals surface area contributed by atoms with Gasteiger partial charge in [-0.1, -0.05) is 48.5 Å². The van der Waals surface area contributed by atoms with Gasteiger partial charge in [-0.2, -0.15) is 0 Å². The number of hydrogen-bond acceptors (Lipinski definition) is 3. The van der Waals surface area contributed by atoms with E-state index < -0.39 is 0 Å². The van der Waals surface area contributed by atoms with Gasteiger partial charge >= 0.3 is 0 Å². The fourth-order valence-corrected chi connectivity index (χ4v) is 3.00. The molecule has 0 fully saturated rings. The van der Waals surface area contributed by atoms with Gasteiger partial charge in [0.1, 0.15) is 0 Å². The quantitative estimate of drug-likeness (QED) is 0.558. The van der Waals surface area contributed by atoms with E-state index in [9.17, 15) is 0 Å². The van der Waals surface area contributed by atoms with Crippen LogP contribution < -0.4 is 0 Å². The first-order valence-corrected chi connectivity index (χ1v) is 8.16. The highest BCUT2D eigenvalue weighted by Crippen LogP contribution is 2.15. The fourth-order valence-electron chi connectivity index (χ4n) is 3.00. The third-order valence-electron chi connectivity index (χ3n) is 4.18. The van der Waals surface area contributed by atoms with Crippen molar-refractivity contribution in [3.05, 3.63) is 84.2 Å². The number of nitrogens with zero attached hydrogens (tertiary/aromatic N) is 3. The summed E-state index contributed by atoms with van der Waals surface area (Å²) >= 11 is 0. The molecule has 0 saturated heterocycles. The molecule has 0 aliphatic heterocycles. The summed E-state index contributed by atoms with van der Waals surface area (Å²) in [6, 6.07) is 24.9. The van der Waals surface area contributed by atoms with Gasteiger partial charge in [0.25, 0.3) is 0 Å². The van der Waals surface area contributed by atoms with Crippen LogP contribution in [0.3, 0.4) is 0 Å². The topological polar surface area (TPSA) is 29.0 Å². The van der Waals surface area contributed by atoms with Crippen LogP contribution in [0.25, 0.3) is 21.8 Å². The normalized spacial score (nSPS) is 11.4. The van der Waals surface area contributed by atoms with E-state index in [1.807, 2.05) is 24.3 Å². The van der Waals surface area contributed by atoms with Crippen molar-refractivity contribution in [3.8, 4) is 0 Å². The molecule has 0 saturated carbocycles. The van der Waals surface area contributed by atoms with E-state index in [0.29, 0.717) is 0 Å². The van der Waals surface area contributed by atoms with Crippen molar-refractivity contribution in [2.75, 3.05) is 7.05 Å². The molecule has 2 aromatic carbocycles. The molecule has 118 valence electrons. The van der Waals surface area contributed by atoms with Crippen LogP contribution in [0.15, 0.2) is 72.8 Å². The van der Waals surface area contributed by atoms with E-state index in [4.69, 9.17) is 9.97 Å². The minimum absolute atomic E-state index is 0.805.